The van der Waals surface area contributed by atoms with Gasteiger partial charge in [0, 0.05) is 38.9 Å². The topological polar surface area (TPSA) is 74.6 Å². The van der Waals surface area contributed by atoms with Gasteiger partial charge in [-0.1, -0.05) is 30.3 Å². The molecule has 128 valence electrons. The van der Waals surface area contributed by atoms with Crippen molar-refractivity contribution in [2.75, 3.05) is 31.5 Å². The Morgan fingerprint density at radius 2 is 2.00 bits per heavy atom. The molecule has 0 radical (unpaired) electrons. The summed E-state index contributed by atoms with van der Waals surface area (Å²) in [5.74, 6) is 0.763. The van der Waals surface area contributed by atoms with Gasteiger partial charge in [0.1, 0.15) is 11.8 Å². The van der Waals surface area contributed by atoms with Crippen LogP contribution in [0.3, 0.4) is 0 Å². The van der Waals surface area contributed by atoms with Crippen LogP contribution in [0.5, 0.6) is 0 Å². The second kappa shape index (κ2) is 6.90. The van der Waals surface area contributed by atoms with Gasteiger partial charge in [-0.25, -0.2) is 9.50 Å². The van der Waals surface area contributed by atoms with Crippen LogP contribution in [0.4, 0.5) is 5.82 Å². The average Bonchev–Trinajstić information content (AvgIpc) is 3.12. The van der Waals surface area contributed by atoms with Crippen molar-refractivity contribution < 1.29 is 4.79 Å². The molecule has 7 heteroatoms. The molecule has 0 unspecified atom stereocenters. The number of carbonyl (C=O) groups is 1. The molecule has 2 N–H and O–H groups in total. The van der Waals surface area contributed by atoms with Crippen molar-refractivity contribution in [1.82, 2.24) is 24.8 Å². The Balaban J connectivity index is 1.56. The van der Waals surface area contributed by atoms with Crippen LogP contribution in [-0.2, 0) is 6.54 Å². The monoisotopic (exact) mass is 336 g/mol. The first-order chi connectivity index (χ1) is 12.3. The Morgan fingerprint density at radius 3 is 2.80 bits per heavy atom. The van der Waals surface area contributed by atoms with E-state index in [9.17, 15) is 4.79 Å². The Morgan fingerprint density at radius 1 is 1.20 bits per heavy atom. The summed E-state index contributed by atoms with van der Waals surface area (Å²) in [5.41, 5.74) is 2.62. The third-order valence-electron chi connectivity index (χ3n) is 4.36. The second-order valence-electron chi connectivity index (χ2n) is 6.05. The van der Waals surface area contributed by atoms with Crippen LogP contribution in [0, 0.1) is 0 Å². The van der Waals surface area contributed by atoms with E-state index in [0.717, 1.165) is 37.5 Å². The molecule has 1 aromatic carbocycles. The fourth-order valence-electron chi connectivity index (χ4n) is 3.02. The zero-order chi connectivity index (χ0) is 17.1. The number of piperazine rings is 1. The molecule has 4 rings (SSSR count). The van der Waals surface area contributed by atoms with Gasteiger partial charge in [0.2, 0.25) is 0 Å². The van der Waals surface area contributed by atoms with Gasteiger partial charge < -0.3 is 15.5 Å². The number of rotatable bonds is 4. The summed E-state index contributed by atoms with van der Waals surface area (Å²) in [5, 5.41) is 10.8. The molecule has 1 saturated heterocycles. The van der Waals surface area contributed by atoms with Gasteiger partial charge in [-0.2, -0.15) is 5.10 Å². The van der Waals surface area contributed by atoms with Gasteiger partial charge in [-0.05, 0) is 11.6 Å². The number of hydrogen-bond donors (Lipinski definition) is 2. The van der Waals surface area contributed by atoms with Gasteiger partial charge in [0.25, 0.3) is 5.91 Å². The fourth-order valence-corrected chi connectivity index (χ4v) is 3.02. The third-order valence-corrected chi connectivity index (χ3v) is 4.36. The quantitative estimate of drug-likeness (QED) is 0.753. The van der Waals surface area contributed by atoms with Crippen molar-refractivity contribution >= 4 is 17.2 Å². The van der Waals surface area contributed by atoms with E-state index in [4.69, 9.17) is 0 Å². The minimum absolute atomic E-state index is 0.0426. The smallest absolute Gasteiger partial charge is 0.255 e. The highest BCUT2D eigenvalue weighted by atomic mass is 16.2. The van der Waals surface area contributed by atoms with E-state index in [0.29, 0.717) is 12.1 Å². The number of fused-ring (bicyclic) bond motifs is 1. The second-order valence-corrected chi connectivity index (χ2v) is 6.05. The lowest BCUT2D eigenvalue weighted by atomic mass is 10.2. The van der Waals surface area contributed by atoms with Gasteiger partial charge in [0.15, 0.2) is 5.82 Å². The maximum atomic E-state index is 12.7. The highest BCUT2D eigenvalue weighted by Crippen LogP contribution is 2.18. The Hall–Kier alpha value is -2.93. The van der Waals surface area contributed by atoms with E-state index >= 15 is 0 Å². The van der Waals surface area contributed by atoms with E-state index in [1.807, 2.05) is 29.2 Å². The first-order valence-corrected chi connectivity index (χ1v) is 8.42. The molecule has 1 amide bonds. The number of carbonyl (C=O) groups excluding carboxylic acids is 1. The summed E-state index contributed by atoms with van der Waals surface area (Å²) in [6.07, 6.45) is 3.27. The van der Waals surface area contributed by atoms with Crippen LogP contribution in [0.15, 0.2) is 48.9 Å². The predicted octanol–water partition coefficient (Wildman–Crippen LogP) is 1.39. The van der Waals surface area contributed by atoms with Gasteiger partial charge in [-0.3, -0.25) is 4.79 Å². The van der Waals surface area contributed by atoms with Crippen LogP contribution >= 0.6 is 0 Å². The number of nitrogens with one attached hydrogen (secondary N) is 2. The molecule has 25 heavy (non-hydrogen) atoms. The lowest BCUT2D eigenvalue weighted by Gasteiger charge is -2.26. The van der Waals surface area contributed by atoms with Crippen LogP contribution in [0.1, 0.15) is 15.9 Å². The molecule has 1 aliphatic heterocycles. The number of nitrogens with zero attached hydrogens (tertiary/aromatic N) is 4. The average molecular weight is 336 g/mol. The first-order valence-electron chi connectivity index (χ1n) is 8.42. The summed E-state index contributed by atoms with van der Waals surface area (Å²) < 4.78 is 1.70. The molecular weight excluding hydrogens is 316 g/mol. The van der Waals surface area contributed by atoms with E-state index in [1.54, 1.807) is 10.7 Å². The molecule has 0 atom stereocenters. The van der Waals surface area contributed by atoms with Crippen molar-refractivity contribution in [3.63, 3.8) is 0 Å². The number of amides is 1. The summed E-state index contributed by atoms with van der Waals surface area (Å²) in [6, 6.07) is 12.0. The maximum Gasteiger partial charge on any atom is 0.255 e. The molecule has 0 bridgehead atoms. The van der Waals surface area contributed by atoms with Crippen LogP contribution in [-0.4, -0.2) is 51.6 Å². The SMILES string of the molecule is O=C(c1cc2c(NCc3ccccc3)ncnn2c1)N1CCNCC1. The zero-order valence-electron chi connectivity index (χ0n) is 13.9. The van der Waals surface area contributed by atoms with Gasteiger partial charge in [-0.15, -0.1) is 0 Å². The van der Waals surface area contributed by atoms with E-state index in [2.05, 4.69) is 32.8 Å². The molecule has 0 spiro atoms. The lowest BCUT2D eigenvalue weighted by Crippen LogP contribution is -2.46. The first kappa shape index (κ1) is 15.6. The molecule has 1 fully saturated rings. The van der Waals surface area contributed by atoms with Crippen molar-refractivity contribution in [2.24, 2.45) is 0 Å². The number of benzene rings is 1. The zero-order valence-corrected chi connectivity index (χ0v) is 13.9. The molecule has 2 aromatic heterocycles. The molecule has 3 aromatic rings. The number of aromatic nitrogens is 3. The minimum Gasteiger partial charge on any atom is -0.364 e. The highest BCUT2D eigenvalue weighted by Gasteiger charge is 2.20. The normalized spacial score (nSPS) is 14.6. The fraction of sp³-hybridized carbons (Fsp3) is 0.278. The molecule has 3 heterocycles. The molecular formula is C18H20N6O. The maximum absolute atomic E-state index is 12.7. The molecule has 0 saturated carbocycles. The standard InChI is InChI=1S/C18H20N6O/c25-18(23-8-6-19-7-9-23)15-10-16-17(21-13-22-24(16)12-15)20-11-14-4-2-1-3-5-14/h1-5,10,12-13,19H,6-9,11H2,(H,20,21,22). The highest BCUT2D eigenvalue weighted by molar-refractivity contribution is 5.96. The summed E-state index contributed by atoms with van der Waals surface area (Å²) in [7, 11) is 0. The Labute approximate surface area is 145 Å². The predicted molar refractivity (Wildman–Crippen MR) is 95.5 cm³/mol. The van der Waals surface area contributed by atoms with Crippen molar-refractivity contribution in [2.45, 2.75) is 6.54 Å². The Kier molecular flexibility index (Phi) is 4.30. The van der Waals surface area contributed by atoms with Crippen molar-refractivity contribution in [3.8, 4) is 0 Å². The number of hydrogen-bond acceptors (Lipinski definition) is 5. The van der Waals surface area contributed by atoms with Crippen molar-refractivity contribution in [3.05, 3.63) is 60.0 Å². The van der Waals surface area contributed by atoms with Gasteiger partial charge in [0.05, 0.1) is 5.56 Å². The lowest BCUT2D eigenvalue weighted by molar-refractivity contribution is 0.0736. The van der Waals surface area contributed by atoms with Crippen LogP contribution in [0.25, 0.3) is 5.52 Å². The molecule has 0 aliphatic carbocycles. The summed E-state index contributed by atoms with van der Waals surface area (Å²) >= 11 is 0. The summed E-state index contributed by atoms with van der Waals surface area (Å²) in [6.45, 7) is 3.80. The van der Waals surface area contributed by atoms with Crippen LogP contribution in [0.2, 0.25) is 0 Å². The van der Waals surface area contributed by atoms with Gasteiger partial charge >= 0.3 is 0 Å². The minimum atomic E-state index is 0.0426. The van der Waals surface area contributed by atoms with E-state index in [1.165, 1.54) is 11.9 Å². The third kappa shape index (κ3) is 3.32. The largest absolute Gasteiger partial charge is 0.364 e. The summed E-state index contributed by atoms with van der Waals surface area (Å²) in [4.78, 5) is 18.9. The molecule has 7 nitrogen and oxygen atoms in total. The Bertz CT molecular complexity index is 870. The number of anilines is 1. The van der Waals surface area contributed by atoms with E-state index in [-0.39, 0.29) is 5.91 Å². The van der Waals surface area contributed by atoms with Crippen molar-refractivity contribution in [1.29, 1.82) is 0 Å². The molecule has 1 aliphatic rings. The van der Waals surface area contributed by atoms with Crippen LogP contribution < -0.4 is 10.6 Å². The van der Waals surface area contributed by atoms with E-state index < -0.39 is 0 Å².